The summed E-state index contributed by atoms with van der Waals surface area (Å²) in [5.41, 5.74) is 14.9. The summed E-state index contributed by atoms with van der Waals surface area (Å²) in [5.74, 6) is 0.532. The molecule has 6 heteroatoms. The summed E-state index contributed by atoms with van der Waals surface area (Å²) in [5, 5.41) is 0.950. The van der Waals surface area contributed by atoms with E-state index in [1.165, 1.54) is 11.2 Å². The lowest BCUT2D eigenvalue weighted by Crippen LogP contribution is -2.14. The second-order valence-corrected chi connectivity index (χ2v) is 6.60. The van der Waals surface area contributed by atoms with Crippen molar-refractivity contribution in [3.8, 4) is 11.1 Å². The van der Waals surface area contributed by atoms with Crippen LogP contribution in [0.3, 0.4) is 0 Å². The van der Waals surface area contributed by atoms with Gasteiger partial charge >= 0.3 is 0 Å². The van der Waals surface area contributed by atoms with Gasteiger partial charge in [0.05, 0.1) is 5.39 Å². The SMILES string of the molecule is CN(C)CCc1sc2ncnc(N)c2c1-c1ccc(N)cc1. The van der Waals surface area contributed by atoms with Gasteiger partial charge in [-0.1, -0.05) is 12.1 Å². The van der Waals surface area contributed by atoms with Crippen LogP contribution in [0.1, 0.15) is 4.88 Å². The summed E-state index contributed by atoms with van der Waals surface area (Å²) in [6.45, 7) is 0.974. The number of benzene rings is 1. The number of aromatic nitrogens is 2. The summed E-state index contributed by atoms with van der Waals surface area (Å²) in [6, 6.07) is 7.88. The lowest BCUT2D eigenvalue weighted by molar-refractivity contribution is 0.415. The minimum atomic E-state index is 0.532. The van der Waals surface area contributed by atoms with E-state index in [-0.39, 0.29) is 0 Å². The van der Waals surface area contributed by atoms with Crippen LogP contribution >= 0.6 is 11.3 Å². The second-order valence-electron chi connectivity index (χ2n) is 5.51. The molecule has 0 radical (unpaired) electrons. The zero-order valence-corrected chi connectivity index (χ0v) is 13.5. The van der Waals surface area contributed by atoms with Crippen LogP contribution in [-0.4, -0.2) is 35.5 Å². The monoisotopic (exact) mass is 313 g/mol. The van der Waals surface area contributed by atoms with Crippen molar-refractivity contribution in [2.24, 2.45) is 0 Å². The van der Waals surface area contributed by atoms with Gasteiger partial charge in [-0.25, -0.2) is 9.97 Å². The van der Waals surface area contributed by atoms with Gasteiger partial charge in [0.1, 0.15) is 17.0 Å². The van der Waals surface area contributed by atoms with Crippen LogP contribution in [0.25, 0.3) is 21.3 Å². The molecule has 2 heterocycles. The Morgan fingerprint density at radius 2 is 1.82 bits per heavy atom. The Balaban J connectivity index is 2.19. The highest BCUT2D eigenvalue weighted by atomic mass is 32.1. The number of nitrogens with two attached hydrogens (primary N) is 2. The van der Waals surface area contributed by atoms with Gasteiger partial charge in [-0.3, -0.25) is 0 Å². The van der Waals surface area contributed by atoms with Crippen LogP contribution in [0.2, 0.25) is 0 Å². The molecular formula is C16H19N5S. The van der Waals surface area contributed by atoms with Crippen molar-refractivity contribution in [2.75, 3.05) is 32.1 Å². The minimum Gasteiger partial charge on any atom is -0.399 e. The fraction of sp³-hybridized carbons (Fsp3) is 0.250. The number of fused-ring (bicyclic) bond motifs is 1. The third-order valence-electron chi connectivity index (χ3n) is 3.58. The average molecular weight is 313 g/mol. The Kier molecular flexibility index (Phi) is 3.96. The molecule has 1 aromatic carbocycles. The maximum atomic E-state index is 6.11. The largest absolute Gasteiger partial charge is 0.399 e. The predicted octanol–water partition coefficient (Wildman–Crippen LogP) is 2.63. The fourth-order valence-electron chi connectivity index (χ4n) is 2.46. The molecule has 3 rings (SSSR count). The summed E-state index contributed by atoms with van der Waals surface area (Å²) in [6.07, 6.45) is 2.48. The molecule has 114 valence electrons. The first kappa shape index (κ1) is 14.7. The van der Waals surface area contributed by atoms with Crippen LogP contribution < -0.4 is 11.5 Å². The Morgan fingerprint density at radius 1 is 1.09 bits per heavy atom. The van der Waals surface area contributed by atoms with Crippen molar-refractivity contribution >= 4 is 33.1 Å². The van der Waals surface area contributed by atoms with Crippen LogP contribution in [0.15, 0.2) is 30.6 Å². The summed E-state index contributed by atoms with van der Waals surface area (Å²) >= 11 is 1.69. The number of anilines is 2. The molecule has 5 nitrogen and oxygen atoms in total. The molecule has 22 heavy (non-hydrogen) atoms. The molecule has 0 spiro atoms. The lowest BCUT2D eigenvalue weighted by atomic mass is 10.0. The highest BCUT2D eigenvalue weighted by molar-refractivity contribution is 7.19. The maximum absolute atomic E-state index is 6.11. The van der Waals surface area contributed by atoms with Crippen LogP contribution in [0.4, 0.5) is 11.5 Å². The standard InChI is InChI=1S/C16H19N5S/c1-21(2)8-7-12-13(10-3-5-11(17)6-4-10)14-15(18)19-9-20-16(14)22-12/h3-6,9H,7-8,17H2,1-2H3,(H2,18,19,20). The number of hydrogen-bond acceptors (Lipinski definition) is 6. The molecule has 4 N–H and O–H groups in total. The second kappa shape index (κ2) is 5.90. The van der Waals surface area contributed by atoms with Gasteiger partial charge in [-0.2, -0.15) is 0 Å². The normalized spacial score (nSPS) is 11.4. The van der Waals surface area contributed by atoms with E-state index in [9.17, 15) is 0 Å². The number of likely N-dealkylation sites (N-methyl/N-ethyl adjacent to an activating group) is 1. The zero-order valence-electron chi connectivity index (χ0n) is 12.7. The molecule has 0 amide bonds. The molecule has 0 atom stereocenters. The fourth-order valence-corrected chi connectivity index (χ4v) is 3.62. The number of nitrogens with zero attached hydrogens (tertiary/aromatic N) is 3. The van der Waals surface area contributed by atoms with E-state index in [2.05, 4.69) is 29.0 Å². The minimum absolute atomic E-state index is 0.532. The molecule has 0 aliphatic carbocycles. The van der Waals surface area contributed by atoms with E-state index in [0.29, 0.717) is 5.82 Å². The van der Waals surface area contributed by atoms with Crippen LogP contribution in [-0.2, 0) is 6.42 Å². The van der Waals surface area contributed by atoms with Crippen molar-refractivity contribution in [3.63, 3.8) is 0 Å². The van der Waals surface area contributed by atoms with E-state index in [1.807, 2.05) is 24.3 Å². The van der Waals surface area contributed by atoms with Crippen LogP contribution in [0, 0.1) is 0 Å². The molecule has 0 bridgehead atoms. The highest BCUT2D eigenvalue weighted by Gasteiger charge is 2.17. The van der Waals surface area contributed by atoms with E-state index in [4.69, 9.17) is 11.5 Å². The Hall–Kier alpha value is -2.18. The third kappa shape index (κ3) is 2.75. The molecule has 0 aliphatic rings. The summed E-state index contributed by atoms with van der Waals surface area (Å²) in [7, 11) is 4.15. The zero-order chi connectivity index (χ0) is 15.7. The predicted molar refractivity (Wildman–Crippen MR) is 93.9 cm³/mol. The van der Waals surface area contributed by atoms with Gasteiger partial charge in [0, 0.05) is 22.7 Å². The Labute approximate surface area is 133 Å². The van der Waals surface area contributed by atoms with E-state index in [0.717, 1.165) is 40.0 Å². The average Bonchev–Trinajstić information content (AvgIpc) is 2.86. The number of hydrogen-bond donors (Lipinski definition) is 2. The Morgan fingerprint density at radius 3 is 2.50 bits per heavy atom. The molecule has 3 aromatic rings. The van der Waals surface area contributed by atoms with Gasteiger partial charge in [0.2, 0.25) is 0 Å². The van der Waals surface area contributed by atoms with Crippen molar-refractivity contribution in [2.45, 2.75) is 6.42 Å². The van der Waals surface area contributed by atoms with E-state index >= 15 is 0 Å². The maximum Gasteiger partial charge on any atom is 0.136 e. The first-order valence-electron chi connectivity index (χ1n) is 7.08. The van der Waals surface area contributed by atoms with Crippen molar-refractivity contribution in [1.82, 2.24) is 14.9 Å². The first-order chi connectivity index (χ1) is 10.6. The smallest absolute Gasteiger partial charge is 0.136 e. The lowest BCUT2D eigenvalue weighted by Gasteiger charge is -2.10. The third-order valence-corrected chi connectivity index (χ3v) is 4.73. The molecule has 0 saturated heterocycles. The molecule has 0 saturated carbocycles. The van der Waals surface area contributed by atoms with Gasteiger partial charge in [0.15, 0.2) is 0 Å². The van der Waals surface area contributed by atoms with Crippen molar-refractivity contribution < 1.29 is 0 Å². The molecular weight excluding hydrogens is 294 g/mol. The van der Waals surface area contributed by atoms with Gasteiger partial charge in [-0.15, -0.1) is 11.3 Å². The number of nitrogen functional groups attached to an aromatic ring is 2. The molecule has 0 unspecified atom stereocenters. The Bertz CT molecular complexity index is 792. The van der Waals surface area contributed by atoms with Gasteiger partial charge in [-0.05, 0) is 38.2 Å². The summed E-state index contributed by atoms with van der Waals surface area (Å²) < 4.78 is 0. The first-order valence-corrected chi connectivity index (χ1v) is 7.90. The highest BCUT2D eigenvalue weighted by Crippen LogP contribution is 2.40. The molecule has 0 fully saturated rings. The molecule has 0 aliphatic heterocycles. The van der Waals surface area contributed by atoms with Crippen molar-refractivity contribution in [1.29, 1.82) is 0 Å². The van der Waals surface area contributed by atoms with E-state index in [1.54, 1.807) is 11.3 Å². The number of rotatable bonds is 4. The number of thiophene rings is 1. The van der Waals surface area contributed by atoms with Crippen molar-refractivity contribution in [3.05, 3.63) is 35.5 Å². The van der Waals surface area contributed by atoms with Gasteiger partial charge < -0.3 is 16.4 Å². The molecule has 2 aromatic heterocycles. The van der Waals surface area contributed by atoms with E-state index < -0.39 is 0 Å². The quantitative estimate of drug-likeness (QED) is 0.724. The van der Waals surface area contributed by atoms with Crippen LogP contribution in [0.5, 0.6) is 0 Å². The topological polar surface area (TPSA) is 81.1 Å². The summed E-state index contributed by atoms with van der Waals surface area (Å²) in [4.78, 5) is 12.9. The van der Waals surface area contributed by atoms with Gasteiger partial charge in [0.25, 0.3) is 0 Å².